The summed E-state index contributed by atoms with van der Waals surface area (Å²) >= 11 is 0.832. The van der Waals surface area contributed by atoms with E-state index in [0.717, 1.165) is 29.7 Å². The van der Waals surface area contributed by atoms with E-state index in [2.05, 4.69) is 5.32 Å². The fraction of sp³-hybridized carbons (Fsp3) is 0.600. The summed E-state index contributed by atoms with van der Waals surface area (Å²) in [6.07, 6.45) is -2.12. The molecular formula is C10H12F3NS. The van der Waals surface area contributed by atoms with Crippen molar-refractivity contribution < 1.29 is 13.2 Å². The summed E-state index contributed by atoms with van der Waals surface area (Å²) in [6.45, 7) is 0. The molecule has 1 aromatic rings. The van der Waals surface area contributed by atoms with Crippen molar-refractivity contribution in [3.05, 3.63) is 21.4 Å². The zero-order valence-electron chi connectivity index (χ0n) is 8.32. The molecule has 1 aliphatic carbocycles. The highest BCUT2D eigenvalue weighted by Crippen LogP contribution is 2.40. The highest BCUT2D eigenvalue weighted by Gasteiger charge is 2.37. The zero-order valence-corrected chi connectivity index (χ0v) is 9.13. The van der Waals surface area contributed by atoms with Crippen LogP contribution in [0.4, 0.5) is 13.2 Å². The number of hydrogen-bond donors (Lipinski definition) is 1. The second-order valence-electron chi connectivity index (χ2n) is 3.79. The van der Waals surface area contributed by atoms with Gasteiger partial charge in [-0.15, -0.1) is 11.3 Å². The summed E-state index contributed by atoms with van der Waals surface area (Å²) in [5, 5.41) is 4.77. The lowest BCUT2D eigenvalue weighted by atomic mass is 9.90. The van der Waals surface area contributed by atoms with Crippen LogP contribution in [-0.2, 0) is 19.0 Å². The summed E-state index contributed by atoms with van der Waals surface area (Å²) in [4.78, 5) is -0.396. The Morgan fingerprint density at radius 1 is 1.47 bits per heavy atom. The first-order valence-electron chi connectivity index (χ1n) is 4.86. The van der Waals surface area contributed by atoms with Gasteiger partial charge in [-0.1, -0.05) is 0 Å². The minimum atomic E-state index is -4.18. The van der Waals surface area contributed by atoms with Gasteiger partial charge in [-0.2, -0.15) is 13.2 Å². The molecule has 84 valence electrons. The molecule has 15 heavy (non-hydrogen) atoms. The number of hydrogen-bond acceptors (Lipinski definition) is 2. The first-order valence-corrected chi connectivity index (χ1v) is 5.74. The third-order valence-electron chi connectivity index (χ3n) is 2.86. The lowest BCUT2D eigenvalue weighted by molar-refractivity contribution is -0.135. The lowest BCUT2D eigenvalue weighted by Crippen LogP contribution is -2.31. The van der Waals surface area contributed by atoms with Crippen LogP contribution in [0.3, 0.4) is 0 Å². The lowest BCUT2D eigenvalue weighted by Gasteiger charge is -2.22. The Morgan fingerprint density at radius 3 is 2.80 bits per heavy atom. The zero-order chi connectivity index (χ0) is 11.1. The van der Waals surface area contributed by atoms with Gasteiger partial charge >= 0.3 is 6.18 Å². The second-order valence-corrected chi connectivity index (χ2v) is 4.67. The first-order chi connectivity index (χ1) is 7.02. The standard InChI is InChI=1S/C10H12F3NS/c1-14-7-2-3-8-6(4-7)5-15-9(8)10(11,12)13/h5,7,14H,2-4H2,1H3. The van der Waals surface area contributed by atoms with E-state index in [1.54, 1.807) is 5.38 Å². The maximum absolute atomic E-state index is 12.6. The molecule has 1 heterocycles. The van der Waals surface area contributed by atoms with Gasteiger partial charge in [-0.05, 0) is 42.8 Å². The Labute approximate surface area is 90.3 Å². The highest BCUT2D eigenvalue weighted by molar-refractivity contribution is 7.10. The SMILES string of the molecule is CNC1CCc2c(csc2C(F)(F)F)C1. The monoisotopic (exact) mass is 235 g/mol. The van der Waals surface area contributed by atoms with Crippen molar-refractivity contribution in [1.82, 2.24) is 5.32 Å². The second kappa shape index (κ2) is 3.79. The summed E-state index contributed by atoms with van der Waals surface area (Å²) in [7, 11) is 1.85. The van der Waals surface area contributed by atoms with E-state index in [0.29, 0.717) is 18.0 Å². The van der Waals surface area contributed by atoms with Crippen LogP contribution in [0.25, 0.3) is 0 Å². The third-order valence-corrected chi connectivity index (χ3v) is 3.97. The van der Waals surface area contributed by atoms with Crippen LogP contribution in [0, 0.1) is 0 Å². The van der Waals surface area contributed by atoms with Crippen LogP contribution in [0.5, 0.6) is 0 Å². The summed E-state index contributed by atoms with van der Waals surface area (Å²) < 4.78 is 37.7. The summed E-state index contributed by atoms with van der Waals surface area (Å²) in [6, 6.07) is 0.327. The maximum Gasteiger partial charge on any atom is 0.425 e. The van der Waals surface area contributed by atoms with Crippen LogP contribution in [0.1, 0.15) is 22.4 Å². The number of likely N-dealkylation sites (N-methyl/N-ethyl adjacent to an activating group) is 1. The number of rotatable bonds is 1. The van der Waals surface area contributed by atoms with Crippen molar-refractivity contribution in [3.63, 3.8) is 0 Å². The van der Waals surface area contributed by atoms with Gasteiger partial charge in [0, 0.05) is 6.04 Å². The Morgan fingerprint density at radius 2 is 2.20 bits per heavy atom. The average molecular weight is 235 g/mol. The van der Waals surface area contributed by atoms with E-state index in [1.165, 1.54) is 0 Å². The van der Waals surface area contributed by atoms with Crippen LogP contribution in [-0.4, -0.2) is 13.1 Å². The predicted octanol–water partition coefficient (Wildman–Crippen LogP) is 2.84. The number of fused-ring (bicyclic) bond motifs is 1. The van der Waals surface area contributed by atoms with E-state index < -0.39 is 11.1 Å². The van der Waals surface area contributed by atoms with Crippen molar-refractivity contribution in [3.8, 4) is 0 Å². The molecule has 0 aromatic carbocycles. The Kier molecular flexibility index (Phi) is 2.77. The van der Waals surface area contributed by atoms with E-state index in [-0.39, 0.29) is 0 Å². The molecule has 0 aliphatic heterocycles. The number of thiophene rings is 1. The molecular weight excluding hydrogens is 223 g/mol. The van der Waals surface area contributed by atoms with E-state index in [1.807, 2.05) is 7.05 Å². The van der Waals surface area contributed by atoms with Gasteiger partial charge in [0.2, 0.25) is 0 Å². The summed E-state index contributed by atoms with van der Waals surface area (Å²) in [5.41, 5.74) is 1.40. The van der Waals surface area contributed by atoms with Gasteiger partial charge < -0.3 is 5.32 Å². The topological polar surface area (TPSA) is 12.0 Å². The molecule has 1 nitrogen and oxygen atoms in total. The number of halogens is 3. The minimum absolute atomic E-state index is 0.327. The normalized spacial score (nSPS) is 21.5. The van der Waals surface area contributed by atoms with Crippen molar-refractivity contribution >= 4 is 11.3 Å². The molecule has 0 amide bonds. The number of nitrogens with one attached hydrogen (secondary N) is 1. The molecule has 0 bridgehead atoms. The Hall–Kier alpha value is -0.550. The Bertz CT molecular complexity index is 356. The molecule has 0 fully saturated rings. The fourth-order valence-corrected chi connectivity index (χ4v) is 3.04. The van der Waals surface area contributed by atoms with Crippen LogP contribution in [0.2, 0.25) is 0 Å². The van der Waals surface area contributed by atoms with Crippen LogP contribution >= 0.6 is 11.3 Å². The van der Waals surface area contributed by atoms with Gasteiger partial charge in [-0.25, -0.2) is 0 Å². The molecule has 1 atom stereocenters. The molecule has 1 aliphatic rings. The van der Waals surface area contributed by atoms with Gasteiger partial charge in [0.25, 0.3) is 0 Å². The van der Waals surface area contributed by atoms with Crippen molar-refractivity contribution in [2.24, 2.45) is 0 Å². The molecule has 1 unspecified atom stereocenters. The molecule has 0 radical (unpaired) electrons. The highest BCUT2D eigenvalue weighted by atomic mass is 32.1. The molecule has 0 spiro atoms. The van der Waals surface area contributed by atoms with Gasteiger partial charge in [0.15, 0.2) is 0 Å². The van der Waals surface area contributed by atoms with Crippen molar-refractivity contribution in [2.75, 3.05) is 7.05 Å². The first kappa shape index (κ1) is 11.0. The fourth-order valence-electron chi connectivity index (χ4n) is 2.03. The van der Waals surface area contributed by atoms with E-state index in [9.17, 15) is 13.2 Å². The summed E-state index contributed by atoms with van der Waals surface area (Å²) in [5.74, 6) is 0. The molecule has 2 rings (SSSR count). The van der Waals surface area contributed by atoms with Gasteiger partial charge in [0.05, 0.1) is 0 Å². The maximum atomic E-state index is 12.6. The molecule has 0 saturated heterocycles. The number of alkyl halides is 3. The van der Waals surface area contributed by atoms with Gasteiger partial charge in [-0.3, -0.25) is 0 Å². The average Bonchev–Trinajstić information content (AvgIpc) is 2.59. The van der Waals surface area contributed by atoms with Gasteiger partial charge in [0.1, 0.15) is 4.88 Å². The predicted molar refractivity (Wildman–Crippen MR) is 54.2 cm³/mol. The molecule has 1 N–H and O–H groups in total. The van der Waals surface area contributed by atoms with Crippen molar-refractivity contribution in [2.45, 2.75) is 31.5 Å². The van der Waals surface area contributed by atoms with Crippen molar-refractivity contribution in [1.29, 1.82) is 0 Å². The molecule has 1 aromatic heterocycles. The van der Waals surface area contributed by atoms with Crippen LogP contribution < -0.4 is 5.32 Å². The van der Waals surface area contributed by atoms with Crippen LogP contribution in [0.15, 0.2) is 5.38 Å². The minimum Gasteiger partial charge on any atom is -0.317 e. The quantitative estimate of drug-likeness (QED) is 0.789. The van der Waals surface area contributed by atoms with E-state index in [4.69, 9.17) is 0 Å². The van der Waals surface area contributed by atoms with E-state index >= 15 is 0 Å². The largest absolute Gasteiger partial charge is 0.425 e. The molecule has 0 saturated carbocycles. The Balaban J connectivity index is 2.30. The molecule has 5 heteroatoms. The third kappa shape index (κ3) is 2.03. The smallest absolute Gasteiger partial charge is 0.317 e.